The molecule has 7 nitrogen and oxygen atoms in total. The number of ether oxygens (including phenoxy) is 1. The summed E-state index contributed by atoms with van der Waals surface area (Å²) < 4.78 is 32.5. The monoisotopic (exact) mass is 386 g/mol. The molecule has 148 valence electrons. The van der Waals surface area contributed by atoms with Crippen molar-refractivity contribution >= 4 is 16.0 Å². The Morgan fingerprint density at radius 2 is 1.88 bits per heavy atom. The molecule has 0 bridgehead atoms. The van der Waals surface area contributed by atoms with E-state index in [4.69, 9.17) is 10.5 Å². The van der Waals surface area contributed by atoms with Gasteiger partial charge in [-0.1, -0.05) is 31.9 Å². The normalized spacial score (nSPS) is 12.7. The Morgan fingerprint density at radius 1 is 1.19 bits per heavy atom. The van der Waals surface area contributed by atoms with E-state index in [9.17, 15) is 18.3 Å². The van der Waals surface area contributed by atoms with Crippen LogP contribution in [0.1, 0.15) is 44.6 Å². The predicted octanol–water partition coefficient (Wildman–Crippen LogP) is 1.91. The van der Waals surface area contributed by atoms with Gasteiger partial charge in [0.25, 0.3) is 0 Å². The Morgan fingerprint density at radius 3 is 2.46 bits per heavy atom. The van der Waals surface area contributed by atoms with E-state index in [1.807, 2.05) is 6.92 Å². The van der Waals surface area contributed by atoms with Gasteiger partial charge in [0, 0.05) is 13.0 Å². The number of sulfonamides is 1. The van der Waals surface area contributed by atoms with E-state index in [1.165, 1.54) is 0 Å². The Labute approximate surface area is 156 Å². The lowest BCUT2D eigenvalue weighted by molar-refractivity contribution is -0.136. The van der Waals surface area contributed by atoms with Gasteiger partial charge in [-0.15, -0.1) is 0 Å². The highest BCUT2D eigenvalue weighted by Crippen LogP contribution is 2.16. The molecule has 0 amide bonds. The summed E-state index contributed by atoms with van der Waals surface area (Å²) in [7, 11) is -3.92. The highest BCUT2D eigenvalue weighted by atomic mass is 32.2. The van der Waals surface area contributed by atoms with Gasteiger partial charge in [-0.2, -0.15) is 0 Å². The molecule has 4 N–H and O–H groups in total. The van der Waals surface area contributed by atoms with E-state index in [1.54, 1.807) is 24.3 Å². The molecular formula is C18H30N2O5S. The fraction of sp³-hybridized carbons (Fsp3) is 0.611. The minimum absolute atomic E-state index is 0.0914. The van der Waals surface area contributed by atoms with E-state index in [-0.39, 0.29) is 13.0 Å². The molecule has 0 saturated carbocycles. The number of carboxylic acids is 1. The second kappa shape index (κ2) is 11.9. The summed E-state index contributed by atoms with van der Waals surface area (Å²) in [5.74, 6) is -0.687. The lowest BCUT2D eigenvalue weighted by atomic mass is 10.1. The summed E-state index contributed by atoms with van der Waals surface area (Å²) in [5.41, 5.74) is 6.05. The number of benzene rings is 1. The zero-order chi connectivity index (χ0) is 19.4. The zero-order valence-electron chi connectivity index (χ0n) is 15.3. The first-order valence-corrected chi connectivity index (χ1v) is 10.6. The van der Waals surface area contributed by atoms with Gasteiger partial charge < -0.3 is 15.6 Å². The molecule has 1 unspecified atom stereocenters. The topological polar surface area (TPSA) is 119 Å². The quantitative estimate of drug-likeness (QED) is 0.420. The van der Waals surface area contributed by atoms with Gasteiger partial charge in [0.15, 0.2) is 5.25 Å². The van der Waals surface area contributed by atoms with Crippen LogP contribution >= 0.6 is 0 Å². The third-order valence-corrected chi connectivity index (χ3v) is 5.67. The molecule has 1 aromatic rings. The number of nitrogens with two attached hydrogens (primary N) is 1. The maximum absolute atomic E-state index is 12.3. The van der Waals surface area contributed by atoms with Crippen molar-refractivity contribution in [3.8, 4) is 5.75 Å². The largest absolute Gasteiger partial charge is 0.494 e. The van der Waals surface area contributed by atoms with Crippen LogP contribution < -0.4 is 15.2 Å². The first-order valence-electron chi connectivity index (χ1n) is 9.03. The fourth-order valence-electron chi connectivity index (χ4n) is 2.39. The number of hydrogen-bond acceptors (Lipinski definition) is 5. The molecule has 1 atom stereocenters. The number of carbonyl (C=O) groups is 1. The SMILES string of the molecule is CCCCCNS(=O)(=O)C(Cc1ccc(OCCCCN)cc1)C(=O)O. The van der Waals surface area contributed by atoms with E-state index in [2.05, 4.69) is 4.72 Å². The molecule has 0 aromatic heterocycles. The van der Waals surface area contributed by atoms with Crippen LogP contribution in [0.2, 0.25) is 0 Å². The van der Waals surface area contributed by atoms with Gasteiger partial charge in [-0.3, -0.25) is 4.79 Å². The van der Waals surface area contributed by atoms with Crippen LogP contribution in [0, 0.1) is 0 Å². The Kier molecular flexibility index (Phi) is 10.2. The number of nitrogens with one attached hydrogen (secondary N) is 1. The summed E-state index contributed by atoms with van der Waals surface area (Å²) in [6, 6.07) is 6.83. The molecule has 26 heavy (non-hydrogen) atoms. The second-order valence-electron chi connectivity index (χ2n) is 6.17. The summed E-state index contributed by atoms with van der Waals surface area (Å²) in [5, 5.41) is 7.83. The van der Waals surface area contributed by atoms with Crippen molar-refractivity contribution in [1.29, 1.82) is 0 Å². The highest BCUT2D eigenvalue weighted by Gasteiger charge is 2.32. The van der Waals surface area contributed by atoms with Crippen LogP contribution in [0.25, 0.3) is 0 Å². The zero-order valence-corrected chi connectivity index (χ0v) is 16.1. The predicted molar refractivity (Wildman–Crippen MR) is 102 cm³/mol. The number of aliphatic carboxylic acids is 1. The fourth-order valence-corrected chi connectivity index (χ4v) is 3.70. The maximum Gasteiger partial charge on any atom is 0.323 e. The molecule has 0 spiro atoms. The minimum atomic E-state index is -3.92. The van der Waals surface area contributed by atoms with Crippen molar-refractivity contribution < 1.29 is 23.1 Å². The third-order valence-electron chi connectivity index (χ3n) is 3.95. The van der Waals surface area contributed by atoms with Gasteiger partial charge in [-0.05, 0) is 43.5 Å². The number of carboxylic acid groups (broad SMARTS) is 1. The lowest BCUT2D eigenvalue weighted by Gasteiger charge is -2.15. The van der Waals surface area contributed by atoms with Crippen LogP contribution in [0.3, 0.4) is 0 Å². The van der Waals surface area contributed by atoms with Crippen molar-refractivity contribution in [3.05, 3.63) is 29.8 Å². The first-order chi connectivity index (χ1) is 12.4. The van der Waals surface area contributed by atoms with Gasteiger partial charge in [-0.25, -0.2) is 13.1 Å². The molecule has 1 aromatic carbocycles. The smallest absolute Gasteiger partial charge is 0.323 e. The summed E-state index contributed by atoms with van der Waals surface area (Å²) in [6.45, 7) is 3.46. The molecule has 0 saturated heterocycles. The molecule has 0 aliphatic heterocycles. The van der Waals surface area contributed by atoms with Crippen LogP contribution in [0.15, 0.2) is 24.3 Å². The summed E-state index contributed by atoms with van der Waals surface area (Å²) in [4.78, 5) is 11.5. The van der Waals surface area contributed by atoms with Crippen molar-refractivity contribution in [2.24, 2.45) is 5.73 Å². The Hall–Kier alpha value is -1.64. The number of unbranched alkanes of at least 4 members (excludes halogenated alkanes) is 3. The van der Waals surface area contributed by atoms with Gasteiger partial charge >= 0.3 is 5.97 Å². The summed E-state index contributed by atoms with van der Waals surface area (Å²) >= 11 is 0. The van der Waals surface area contributed by atoms with Gasteiger partial charge in [0.1, 0.15) is 5.75 Å². The van der Waals surface area contributed by atoms with Crippen LogP contribution in [0.4, 0.5) is 0 Å². The maximum atomic E-state index is 12.3. The first kappa shape index (κ1) is 22.4. The average molecular weight is 387 g/mol. The van der Waals surface area contributed by atoms with Crippen molar-refractivity contribution in [2.75, 3.05) is 19.7 Å². The molecule has 0 heterocycles. The van der Waals surface area contributed by atoms with Crippen LogP contribution in [-0.4, -0.2) is 44.4 Å². The van der Waals surface area contributed by atoms with E-state index in [0.29, 0.717) is 30.9 Å². The van der Waals surface area contributed by atoms with Crippen molar-refractivity contribution in [1.82, 2.24) is 4.72 Å². The lowest BCUT2D eigenvalue weighted by Crippen LogP contribution is -2.41. The second-order valence-corrected chi connectivity index (χ2v) is 8.11. The standard InChI is InChI=1S/C18H30N2O5S/c1-2-3-5-12-20-26(23,24)17(18(21)22)14-15-7-9-16(10-8-15)25-13-6-4-11-19/h7-10,17,20H,2-6,11-14,19H2,1H3,(H,21,22). The van der Waals surface area contributed by atoms with E-state index in [0.717, 1.165) is 25.7 Å². The third kappa shape index (κ3) is 8.16. The minimum Gasteiger partial charge on any atom is -0.494 e. The number of rotatable bonds is 14. The Balaban J connectivity index is 2.65. The molecular weight excluding hydrogens is 356 g/mol. The molecule has 0 radical (unpaired) electrons. The summed E-state index contributed by atoms with van der Waals surface area (Å²) in [6.07, 6.45) is 4.21. The van der Waals surface area contributed by atoms with E-state index < -0.39 is 21.2 Å². The van der Waals surface area contributed by atoms with Gasteiger partial charge in [0.2, 0.25) is 10.0 Å². The molecule has 0 fully saturated rings. The number of hydrogen-bond donors (Lipinski definition) is 3. The average Bonchev–Trinajstić information content (AvgIpc) is 2.61. The Bertz CT molecular complexity index is 631. The van der Waals surface area contributed by atoms with Crippen molar-refractivity contribution in [3.63, 3.8) is 0 Å². The molecule has 0 aliphatic carbocycles. The van der Waals surface area contributed by atoms with Crippen LogP contribution in [0.5, 0.6) is 5.75 Å². The van der Waals surface area contributed by atoms with Crippen LogP contribution in [-0.2, 0) is 21.2 Å². The van der Waals surface area contributed by atoms with Crippen molar-refractivity contribution in [2.45, 2.75) is 50.7 Å². The molecule has 1 rings (SSSR count). The highest BCUT2D eigenvalue weighted by molar-refractivity contribution is 7.90. The van der Waals surface area contributed by atoms with Gasteiger partial charge in [0.05, 0.1) is 6.61 Å². The van der Waals surface area contributed by atoms with E-state index >= 15 is 0 Å². The molecule has 0 aliphatic rings. The molecule has 8 heteroatoms.